The van der Waals surface area contributed by atoms with Crippen molar-refractivity contribution in [2.24, 2.45) is 0 Å². The summed E-state index contributed by atoms with van der Waals surface area (Å²) in [5.74, 6) is 0.399. The van der Waals surface area contributed by atoms with Crippen LogP contribution in [0, 0.1) is 0 Å². The van der Waals surface area contributed by atoms with Gasteiger partial charge in [-0.1, -0.05) is 6.07 Å². The quantitative estimate of drug-likeness (QED) is 0.882. The van der Waals surface area contributed by atoms with Crippen molar-refractivity contribution in [2.75, 3.05) is 19.0 Å². The molecular formula is C13H15N3O2S. The highest BCUT2D eigenvalue weighted by molar-refractivity contribution is 7.09. The van der Waals surface area contributed by atoms with Gasteiger partial charge in [-0.3, -0.25) is 0 Å². The highest BCUT2D eigenvalue weighted by Gasteiger charge is 2.07. The number of urea groups is 1. The number of nitrogens with zero attached hydrogens (tertiary/aromatic N) is 1. The van der Waals surface area contributed by atoms with Gasteiger partial charge in [-0.05, 0) is 30.0 Å². The van der Waals surface area contributed by atoms with E-state index < -0.39 is 0 Å². The van der Waals surface area contributed by atoms with Gasteiger partial charge in [-0.15, -0.1) is 11.3 Å². The Morgan fingerprint density at radius 2 is 2.32 bits per heavy atom. The van der Waals surface area contributed by atoms with Crippen molar-refractivity contribution in [3.63, 3.8) is 0 Å². The van der Waals surface area contributed by atoms with E-state index in [1.807, 2.05) is 17.5 Å². The maximum absolute atomic E-state index is 11.7. The standard InChI is InChI=1S/C13H15N3O2S/c1-18-12-11(5-2-7-14-12)16-13(17)15-8-6-10-4-3-9-19-10/h2-5,7,9H,6,8H2,1H3,(H2,15,16,17). The Morgan fingerprint density at radius 1 is 1.42 bits per heavy atom. The molecule has 2 N–H and O–H groups in total. The molecule has 0 radical (unpaired) electrons. The van der Waals surface area contributed by atoms with Crippen LogP contribution >= 0.6 is 11.3 Å². The topological polar surface area (TPSA) is 63.2 Å². The number of aromatic nitrogens is 1. The van der Waals surface area contributed by atoms with Crippen LogP contribution < -0.4 is 15.4 Å². The van der Waals surface area contributed by atoms with Crippen LogP contribution in [0.5, 0.6) is 5.88 Å². The Labute approximate surface area is 115 Å². The van der Waals surface area contributed by atoms with Crippen molar-refractivity contribution in [3.05, 3.63) is 40.7 Å². The summed E-state index contributed by atoms with van der Waals surface area (Å²) in [5, 5.41) is 7.53. The number of pyridine rings is 1. The van der Waals surface area contributed by atoms with Crippen LogP contribution in [-0.2, 0) is 6.42 Å². The molecule has 0 bridgehead atoms. The number of thiophene rings is 1. The zero-order valence-corrected chi connectivity index (χ0v) is 11.4. The second kappa shape index (κ2) is 6.75. The van der Waals surface area contributed by atoms with Gasteiger partial charge in [-0.2, -0.15) is 0 Å². The highest BCUT2D eigenvalue weighted by Crippen LogP contribution is 2.19. The van der Waals surface area contributed by atoms with Crippen LogP contribution in [0.3, 0.4) is 0 Å². The summed E-state index contributed by atoms with van der Waals surface area (Å²) in [6.07, 6.45) is 2.44. The molecule has 0 aliphatic heterocycles. The number of hydrogen-bond acceptors (Lipinski definition) is 4. The number of rotatable bonds is 5. The molecule has 2 aromatic heterocycles. The Morgan fingerprint density at radius 3 is 3.05 bits per heavy atom. The van der Waals surface area contributed by atoms with E-state index in [-0.39, 0.29) is 6.03 Å². The molecular weight excluding hydrogens is 262 g/mol. The average Bonchev–Trinajstić information content (AvgIpc) is 2.92. The number of nitrogens with one attached hydrogen (secondary N) is 2. The lowest BCUT2D eigenvalue weighted by atomic mass is 10.3. The minimum atomic E-state index is -0.261. The molecule has 0 aliphatic carbocycles. The molecule has 0 aliphatic rings. The van der Waals surface area contributed by atoms with Crippen molar-refractivity contribution >= 4 is 23.1 Å². The van der Waals surface area contributed by atoms with Gasteiger partial charge < -0.3 is 15.4 Å². The van der Waals surface area contributed by atoms with Crippen molar-refractivity contribution in [1.82, 2.24) is 10.3 Å². The normalized spacial score (nSPS) is 9.95. The number of methoxy groups -OCH3 is 1. The van der Waals surface area contributed by atoms with Crippen molar-refractivity contribution in [2.45, 2.75) is 6.42 Å². The molecule has 2 heterocycles. The molecule has 0 aromatic carbocycles. The van der Waals surface area contributed by atoms with Gasteiger partial charge >= 0.3 is 6.03 Å². The molecule has 0 spiro atoms. The summed E-state index contributed by atoms with van der Waals surface area (Å²) >= 11 is 1.68. The minimum absolute atomic E-state index is 0.261. The van der Waals surface area contributed by atoms with Gasteiger partial charge in [-0.25, -0.2) is 9.78 Å². The van der Waals surface area contributed by atoms with Gasteiger partial charge in [0.2, 0.25) is 5.88 Å². The van der Waals surface area contributed by atoms with Crippen LogP contribution in [0.2, 0.25) is 0 Å². The number of carbonyl (C=O) groups is 1. The van der Waals surface area contributed by atoms with E-state index in [9.17, 15) is 4.79 Å². The van der Waals surface area contributed by atoms with E-state index in [4.69, 9.17) is 4.74 Å². The molecule has 0 fully saturated rings. The summed E-state index contributed by atoms with van der Waals surface area (Å²) in [5.41, 5.74) is 0.554. The first-order valence-electron chi connectivity index (χ1n) is 5.86. The lowest BCUT2D eigenvalue weighted by Gasteiger charge is -2.09. The number of anilines is 1. The molecule has 19 heavy (non-hydrogen) atoms. The predicted molar refractivity (Wildman–Crippen MR) is 75.8 cm³/mol. The number of ether oxygens (including phenoxy) is 1. The third-order valence-electron chi connectivity index (χ3n) is 2.45. The first kappa shape index (κ1) is 13.4. The number of amides is 2. The number of carbonyl (C=O) groups excluding carboxylic acids is 1. The van der Waals surface area contributed by atoms with E-state index in [0.717, 1.165) is 6.42 Å². The largest absolute Gasteiger partial charge is 0.480 e. The van der Waals surface area contributed by atoms with E-state index in [1.165, 1.54) is 12.0 Å². The first-order chi connectivity index (χ1) is 9.29. The Kier molecular flexibility index (Phi) is 4.74. The van der Waals surface area contributed by atoms with Gasteiger partial charge in [0.1, 0.15) is 5.69 Å². The Bertz CT molecular complexity index is 528. The van der Waals surface area contributed by atoms with E-state index in [0.29, 0.717) is 18.1 Å². The zero-order valence-electron chi connectivity index (χ0n) is 10.6. The Hall–Kier alpha value is -2.08. The average molecular weight is 277 g/mol. The fourth-order valence-corrected chi connectivity index (χ4v) is 2.28. The third-order valence-corrected chi connectivity index (χ3v) is 3.39. The smallest absolute Gasteiger partial charge is 0.319 e. The van der Waals surface area contributed by atoms with E-state index in [1.54, 1.807) is 29.7 Å². The summed E-state index contributed by atoms with van der Waals surface area (Å²) in [7, 11) is 1.52. The van der Waals surface area contributed by atoms with Gasteiger partial charge in [0.05, 0.1) is 7.11 Å². The molecule has 6 heteroatoms. The van der Waals surface area contributed by atoms with Crippen molar-refractivity contribution in [3.8, 4) is 5.88 Å². The molecule has 2 amide bonds. The monoisotopic (exact) mass is 277 g/mol. The van der Waals surface area contributed by atoms with Crippen LogP contribution in [0.25, 0.3) is 0 Å². The maximum atomic E-state index is 11.7. The number of hydrogen-bond donors (Lipinski definition) is 2. The van der Waals surface area contributed by atoms with Crippen LogP contribution in [0.4, 0.5) is 10.5 Å². The van der Waals surface area contributed by atoms with Gasteiger partial charge in [0, 0.05) is 17.6 Å². The fourth-order valence-electron chi connectivity index (χ4n) is 1.57. The Balaban J connectivity index is 1.80. The van der Waals surface area contributed by atoms with Crippen molar-refractivity contribution < 1.29 is 9.53 Å². The second-order valence-electron chi connectivity index (χ2n) is 3.77. The maximum Gasteiger partial charge on any atom is 0.319 e. The third kappa shape index (κ3) is 3.96. The molecule has 0 unspecified atom stereocenters. The summed E-state index contributed by atoms with van der Waals surface area (Å²) in [4.78, 5) is 17.0. The highest BCUT2D eigenvalue weighted by atomic mass is 32.1. The summed E-state index contributed by atoms with van der Waals surface area (Å²) in [6.45, 7) is 0.592. The molecule has 2 rings (SSSR count). The van der Waals surface area contributed by atoms with Crippen LogP contribution in [0.1, 0.15) is 4.88 Å². The molecule has 2 aromatic rings. The second-order valence-corrected chi connectivity index (χ2v) is 4.80. The minimum Gasteiger partial charge on any atom is -0.480 e. The first-order valence-corrected chi connectivity index (χ1v) is 6.74. The SMILES string of the molecule is COc1ncccc1NC(=O)NCCc1cccs1. The van der Waals surface area contributed by atoms with Crippen LogP contribution in [0.15, 0.2) is 35.8 Å². The lowest BCUT2D eigenvalue weighted by molar-refractivity contribution is 0.252. The van der Waals surface area contributed by atoms with Crippen LogP contribution in [-0.4, -0.2) is 24.7 Å². The molecule has 100 valence electrons. The van der Waals surface area contributed by atoms with E-state index >= 15 is 0 Å². The predicted octanol–water partition coefficient (Wildman–Crippen LogP) is 2.52. The van der Waals surface area contributed by atoms with E-state index in [2.05, 4.69) is 15.6 Å². The van der Waals surface area contributed by atoms with Gasteiger partial charge in [0.25, 0.3) is 0 Å². The van der Waals surface area contributed by atoms with Gasteiger partial charge in [0.15, 0.2) is 0 Å². The summed E-state index contributed by atoms with van der Waals surface area (Å²) in [6, 6.07) is 7.27. The molecule has 0 saturated carbocycles. The lowest BCUT2D eigenvalue weighted by Crippen LogP contribution is -2.30. The molecule has 0 saturated heterocycles. The van der Waals surface area contributed by atoms with Crippen molar-refractivity contribution in [1.29, 1.82) is 0 Å². The molecule has 0 atom stereocenters. The fraction of sp³-hybridized carbons (Fsp3) is 0.231. The zero-order chi connectivity index (χ0) is 13.5. The molecule has 5 nitrogen and oxygen atoms in total. The summed E-state index contributed by atoms with van der Waals surface area (Å²) < 4.78 is 5.06.